The largest absolute Gasteiger partial charge is 0.379 e. The van der Waals surface area contributed by atoms with Gasteiger partial charge in [0.15, 0.2) is 11.6 Å². The smallest absolute Gasteiger partial charge is 0.165 e. The minimum Gasteiger partial charge on any atom is -0.379 e. The van der Waals surface area contributed by atoms with E-state index in [1.165, 1.54) is 6.07 Å². The second-order valence-electron chi connectivity index (χ2n) is 3.73. The third-order valence-electron chi connectivity index (χ3n) is 1.75. The molecule has 0 aliphatic carbocycles. The van der Waals surface area contributed by atoms with E-state index in [1.807, 2.05) is 0 Å². The van der Waals surface area contributed by atoms with Crippen molar-refractivity contribution < 1.29 is 9.13 Å². The van der Waals surface area contributed by atoms with Gasteiger partial charge in [-0.1, -0.05) is 13.8 Å². The van der Waals surface area contributed by atoms with Crippen LogP contribution in [0.5, 0.6) is 0 Å². The standard InChI is InChI=1S/C11H17FN2O/c1-9(2)8-15-7-6-14-11-10(12)4-3-5-13-11/h3-5,9H,6-8H2,1-2H3,(H,13,14). The zero-order chi connectivity index (χ0) is 11.1. The number of aromatic nitrogens is 1. The molecule has 0 saturated carbocycles. The molecule has 0 spiro atoms. The van der Waals surface area contributed by atoms with Gasteiger partial charge in [0.05, 0.1) is 6.61 Å². The molecule has 0 fully saturated rings. The first-order chi connectivity index (χ1) is 7.20. The zero-order valence-electron chi connectivity index (χ0n) is 9.16. The fourth-order valence-corrected chi connectivity index (χ4v) is 1.08. The molecule has 1 heterocycles. The predicted octanol–water partition coefficient (Wildman–Crippen LogP) is 2.31. The van der Waals surface area contributed by atoms with E-state index in [2.05, 4.69) is 24.1 Å². The van der Waals surface area contributed by atoms with Gasteiger partial charge in [0.1, 0.15) is 0 Å². The number of halogens is 1. The number of pyridine rings is 1. The molecule has 15 heavy (non-hydrogen) atoms. The average Bonchev–Trinajstić information content (AvgIpc) is 2.20. The lowest BCUT2D eigenvalue weighted by molar-refractivity contribution is 0.118. The molecule has 84 valence electrons. The molecule has 1 N–H and O–H groups in total. The number of ether oxygens (including phenoxy) is 1. The van der Waals surface area contributed by atoms with Gasteiger partial charge in [0.25, 0.3) is 0 Å². The van der Waals surface area contributed by atoms with Crippen molar-refractivity contribution in [1.82, 2.24) is 4.98 Å². The Labute approximate surface area is 89.7 Å². The zero-order valence-corrected chi connectivity index (χ0v) is 9.16. The molecule has 0 bridgehead atoms. The summed E-state index contributed by atoms with van der Waals surface area (Å²) in [5.74, 6) is 0.476. The number of nitrogens with zero attached hydrogens (tertiary/aromatic N) is 1. The maximum atomic E-state index is 13.1. The van der Waals surface area contributed by atoms with E-state index in [0.717, 1.165) is 6.61 Å². The average molecular weight is 212 g/mol. The van der Waals surface area contributed by atoms with Crippen LogP contribution in [0.15, 0.2) is 18.3 Å². The Morgan fingerprint density at radius 1 is 1.53 bits per heavy atom. The second-order valence-corrected chi connectivity index (χ2v) is 3.73. The third kappa shape index (κ3) is 4.74. The van der Waals surface area contributed by atoms with Gasteiger partial charge < -0.3 is 10.1 Å². The maximum absolute atomic E-state index is 13.1. The van der Waals surface area contributed by atoms with E-state index in [9.17, 15) is 4.39 Å². The van der Waals surface area contributed by atoms with Crippen LogP contribution >= 0.6 is 0 Å². The number of nitrogens with one attached hydrogen (secondary N) is 1. The summed E-state index contributed by atoms with van der Waals surface area (Å²) in [5.41, 5.74) is 0. The van der Waals surface area contributed by atoms with Crippen molar-refractivity contribution in [1.29, 1.82) is 0 Å². The summed E-state index contributed by atoms with van der Waals surface area (Å²) in [4.78, 5) is 3.87. The Kier molecular flexibility index (Phi) is 5.04. The van der Waals surface area contributed by atoms with Gasteiger partial charge in [-0.05, 0) is 18.1 Å². The molecule has 1 aromatic rings. The minimum absolute atomic E-state index is 0.283. The first-order valence-corrected chi connectivity index (χ1v) is 5.12. The monoisotopic (exact) mass is 212 g/mol. The fourth-order valence-electron chi connectivity index (χ4n) is 1.08. The third-order valence-corrected chi connectivity index (χ3v) is 1.75. The number of rotatable bonds is 6. The normalized spacial score (nSPS) is 10.7. The molecule has 0 aromatic carbocycles. The van der Waals surface area contributed by atoms with Crippen molar-refractivity contribution in [2.24, 2.45) is 5.92 Å². The van der Waals surface area contributed by atoms with Crippen molar-refractivity contribution in [3.8, 4) is 0 Å². The van der Waals surface area contributed by atoms with Crippen LogP contribution in [-0.4, -0.2) is 24.7 Å². The summed E-state index contributed by atoms with van der Waals surface area (Å²) in [6, 6.07) is 2.94. The second kappa shape index (κ2) is 6.35. The van der Waals surface area contributed by atoms with Gasteiger partial charge in [-0.2, -0.15) is 0 Å². The lowest BCUT2D eigenvalue weighted by Crippen LogP contribution is -2.13. The molecule has 0 amide bonds. The highest BCUT2D eigenvalue weighted by molar-refractivity contribution is 5.35. The predicted molar refractivity (Wildman–Crippen MR) is 58.3 cm³/mol. The minimum atomic E-state index is -0.332. The highest BCUT2D eigenvalue weighted by atomic mass is 19.1. The summed E-state index contributed by atoms with van der Waals surface area (Å²) in [6.45, 7) is 6.04. The molecule has 0 unspecified atom stereocenters. The summed E-state index contributed by atoms with van der Waals surface area (Å²) in [5, 5.41) is 2.88. The quantitative estimate of drug-likeness (QED) is 0.735. The van der Waals surface area contributed by atoms with Crippen LogP contribution in [0.2, 0.25) is 0 Å². The fraction of sp³-hybridized carbons (Fsp3) is 0.545. The van der Waals surface area contributed by atoms with Crippen molar-refractivity contribution in [3.05, 3.63) is 24.1 Å². The molecule has 4 heteroatoms. The topological polar surface area (TPSA) is 34.1 Å². The van der Waals surface area contributed by atoms with Crippen molar-refractivity contribution >= 4 is 5.82 Å². The maximum Gasteiger partial charge on any atom is 0.165 e. The van der Waals surface area contributed by atoms with Gasteiger partial charge in [0, 0.05) is 19.3 Å². The van der Waals surface area contributed by atoms with Crippen LogP contribution in [0.25, 0.3) is 0 Å². The lowest BCUT2D eigenvalue weighted by Gasteiger charge is -2.08. The van der Waals surface area contributed by atoms with Gasteiger partial charge in [-0.25, -0.2) is 9.37 Å². The Bertz CT molecular complexity index is 292. The van der Waals surface area contributed by atoms with Gasteiger partial charge in [-0.3, -0.25) is 0 Å². The van der Waals surface area contributed by atoms with Crippen LogP contribution in [0.3, 0.4) is 0 Å². The van der Waals surface area contributed by atoms with Crippen LogP contribution in [-0.2, 0) is 4.74 Å². The van der Waals surface area contributed by atoms with Crippen LogP contribution in [0.1, 0.15) is 13.8 Å². The van der Waals surface area contributed by atoms with E-state index in [4.69, 9.17) is 4.74 Å². The van der Waals surface area contributed by atoms with E-state index in [-0.39, 0.29) is 11.6 Å². The van der Waals surface area contributed by atoms with Gasteiger partial charge in [-0.15, -0.1) is 0 Å². The first-order valence-electron chi connectivity index (χ1n) is 5.12. The molecule has 0 aliphatic rings. The molecule has 0 atom stereocenters. The Morgan fingerprint density at radius 2 is 2.33 bits per heavy atom. The van der Waals surface area contributed by atoms with E-state index in [1.54, 1.807) is 12.3 Å². The van der Waals surface area contributed by atoms with Crippen molar-refractivity contribution in [3.63, 3.8) is 0 Å². The number of hydrogen-bond donors (Lipinski definition) is 1. The van der Waals surface area contributed by atoms with Gasteiger partial charge in [0.2, 0.25) is 0 Å². The van der Waals surface area contributed by atoms with Crippen LogP contribution in [0.4, 0.5) is 10.2 Å². The summed E-state index contributed by atoms with van der Waals surface area (Å²) in [7, 11) is 0. The van der Waals surface area contributed by atoms with Crippen molar-refractivity contribution in [2.45, 2.75) is 13.8 Å². The van der Waals surface area contributed by atoms with E-state index >= 15 is 0 Å². The van der Waals surface area contributed by atoms with E-state index < -0.39 is 0 Å². The Balaban J connectivity index is 2.18. The van der Waals surface area contributed by atoms with Gasteiger partial charge >= 0.3 is 0 Å². The van der Waals surface area contributed by atoms with Crippen LogP contribution in [0, 0.1) is 11.7 Å². The Morgan fingerprint density at radius 3 is 3.00 bits per heavy atom. The Hall–Kier alpha value is -1.16. The summed E-state index contributed by atoms with van der Waals surface area (Å²) in [6.07, 6.45) is 1.56. The molecule has 3 nitrogen and oxygen atoms in total. The molecule has 1 aromatic heterocycles. The van der Waals surface area contributed by atoms with Crippen LogP contribution < -0.4 is 5.32 Å². The first kappa shape index (κ1) is 11.9. The van der Waals surface area contributed by atoms with Crippen molar-refractivity contribution in [2.75, 3.05) is 25.1 Å². The highest BCUT2D eigenvalue weighted by Gasteiger charge is 2.00. The summed E-state index contributed by atoms with van der Waals surface area (Å²) < 4.78 is 18.4. The SMILES string of the molecule is CC(C)COCCNc1ncccc1F. The highest BCUT2D eigenvalue weighted by Crippen LogP contribution is 2.07. The van der Waals surface area contributed by atoms with E-state index in [0.29, 0.717) is 19.1 Å². The molecule has 1 rings (SSSR count). The number of hydrogen-bond acceptors (Lipinski definition) is 3. The lowest BCUT2D eigenvalue weighted by atomic mass is 10.2. The molecule has 0 aliphatic heterocycles. The number of anilines is 1. The molecule has 0 radical (unpaired) electrons. The summed E-state index contributed by atoms with van der Waals surface area (Å²) >= 11 is 0. The molecular weight excluding hydrogens is 195 g/mol. The molecule has 0 saturated heterocycles. The molecular formula is C11H17FN2O.